The number of thioether (sulfide) groups is 1. The Morgan fingerprint density at radius 2 is 2.22 bits per heavy atom. The Kier molecular flexibility index (Phi) is 5.94. The van der Waals surface area contributed by atoms with Gasteiger partial charge < -0.3 is 5.11 Å². The summed E-state index contributed by atoms with van der Waals surface area (Å²) in [4.78, 5) is 10.7. The molecule has 0 spiro atoms. The van der Waals surface area contributed by atoms with E-state index in [9.17, 15) is 13.2 Å². The Hall–Kier alpha value is -0.270. The van der Waals surface area contributed by atoms with Crippen LogP contribution >= 0.6 is 11.8 Å². The maximum atomic E-state index is 11.4. The number of piperidine rings is 1. The van der Waals surface area contributed by atoms with Gasteiger partial charge in [0.05, 0.1) is 12.2 Å². The number of carbonyl (C=O) groups is 1. The van der Waals surface area contributed by atoms with Gasteiger partial charge in [-0.2, -0.15) is 11.8 Å². The minimum atomic E-state index is -3.08. The van der Waals surface area contributed by atoms with Crippen molar-refractivity contribution < 1.29 is 18.3 Å². The van der Waals surface area contributed by atoms with Gasteiger partial charge in [-0.3, -0.25) is 4.79 Å². The Balaban J connectivity index is 2.33. The summed E-state index contributed by atoms with van der Waals surface area (Å²) in [5, 5.41) is 8.77. The van der Waals surface area contributed by atoms with Crippen molar-refractivity contribution >= 4 is 27.8 Å². The van der Waals surface area contributed by atoms with Crippen molar-refractivity contribution in [1.29, 1.82) is 0 Å². The average molecular weight is 295 g/mol. The molecule has 5 nitrogen and oxygen atoms in total. The molecule has 106 valence electrons. The SMILES string of the molecule is CC(CSCC1CCCN(S(C)(=O)=O)C1)C(=O)O. The van der Waals surface area contributed by atoms with E-state index in [2.05, 4.69) is 0 Å². The number of sulfonamides is 1. The molecule has 2 atom stereocenters. The quantitative estimate of drug-likeness (QED) is 0.794. The van der Waals surface area contributed by atoms with Crippen LogP contribution in [-0.4, -0.2) is 54.6 Å². The van der Waals surface area contributed by atoms with Crippen LogP contribution in [0.25, 0.3) is 0 Å². The molecule has 0 amide bonds. The number of aliphatic carboxylic acids is 1. The van der Waals surface area contributed by atoms with Gasteiger partial charge in [0.1, 0.15) is 0 Å². The summed E-state index contributed by atoms with van der Waals surface area (Å²) >= 11 is 1.61. The van der Waals surface area contributed by atoms with Crippen LogP contribution in [0.3, 0.4) is 0 Å². The van der Waals surface area contributed by atoms with E-state index in [1.165, 1.54) is 10.6 Å². The Morgan fingerprint density at radius 3 is 2.78 bits per heavy atom. The molecule has 0 aromatic rings. The molecule has 1 aliphatic rings. The van der Waals surface area contributed by atoms with Crippen molar-refractivity contribution in [2.75, 3.05) is 30.9 Å². The van der Waals surface area contributed by atoms with E-state index in [1.54, 1.807) is 18.7 Å². The molecule has 1 aliphatic heterocycles. The topological polar surface area (TPSA) is 74.7 Å². The van der Waals surface area contributed by atoms with Crippen molar-refractivity contribution in [3.63, 3.8) is 0 Å². The van der Waals surface area contributed by atoms with Gasteiger partial charge in [-0.25, -0.2) is 12.7 Å². The summed E-state index contributed by atoms with van der Waals surface area (Å²) in [6, 6.07) is 0. The summed E-state index contributed by atoms with van der Waals surface area (Å²) in [6.45, 7) is 2.89. The molecule has 7 heteroatoms. The largest absolute Gasteiger partial charge is 0.481 e. The number of carboxylic acid groups (broad SMARTS) is 1. The molecular weight excluding hydrogens is 274 g/mol. The van der Waals surface area contributed by atoms with Crippen LogP contribution in [0.1, 0.15) is 19.8 Å². The zero-order valence-corrected chi connectivity index (χ0v) is 12.5. The fourth-order valence-corrected chi connectivity index (χ4v) is 4.13. The molecule has 0 saturated carbocycles. The van der Waals surface area contributed by atoms with Crippen molar-refractivity contribution in [3.8, 4) is 0 Å². The summed E-state index contributed by atoms with van der Waals surface area (Å²) in [7, 11) is -3.08. The number of carboxylic acids is 1. The summed E-state index contributed by atoms with van der Waals surface area (Å²) in [6.07, 6.45) is 3.17. The van der Waals surface area contributed by atoms with Gasteiger partial charge in [-0.05, 0) is 24.5 Å². The Labute approximate surface area is 113 Å². The third kappa shape index (κ3) is 5.16. The van der Waals surface area contributed by atoms with Crippen molar-refractivity contribution in [2.45, 2.75) is 19.8 Å². The van der Waals surface area contributed by atoms with Gasteiger partial charge in [0.2, 0.25) is 10.0 Å². The third-order valence-corrected chi connectivity index (χ3v) is 5.81. The van der Waals surface area contributed by atoms with Crippen LogP contribution in [0.15, 0.2) is 0 Å². The fraction of sp³-hybridized carbons (Fsp3) is 0.909. The maximum Gasteiger partial charge on any atom is 0.307 e. The van der Waals surface area contributed by atoms with Gasteiger partial charge in [-0.1, -0.05) is 6.92 Å². The third-order valence-electron chi connectivity index (χ3n) is 3.09. The molecule has 1 saturated heterocycles. The highest BCUT2D eigenvalue weighted by molar-refractivity contribution is 7.99. The molecule has 0 radical (unpaired) electrons. The second kappa shape index (κ2) is 6.77. The molecule has 0 bridgehead atoms. The second-order valence-electron chi connectivity index (χ2n) is 4.91. The second-order valence-corrected chi connectivity index (χ2v) is 7.96. The van der Waals surface area contributed by atoms with Crippen molar-refractivity contribution in [3.05, 3.63) is 0 Å². The number of hydrogen-bond donors (Lipinski definition) is 1. The molecule has 1 heterocycles. The molecule has 1 N–H and O–H groups in total. The van der Waals surface area contributed by atoms with Crippen molar-refractivity contribution in [1.82, 2.24) is 4.31 Å². The Bertz CT molecular complexity index is 383. The van der Waals surface area contributed by atoms with Crippen molar-refractivity contribution in [2.24, 2.45) is 11.8 Å². The van der Waals surface area contributed by atoms with Crippen LogP contribution in [-0.2, 0) is 14.8 Å². The van der Waals surface area contributed by atoms with Crippen LogP contribution in [0.4, 0.5) is 0 Å². The van der Waals surface area contributed by atoms with Gasteiger partial charge in [0, 0.05) is 18.8 Å². The number of rotatable bonds is 6. The molecule has 1 rings (SSSR count). The first-order valence-corrected chi connectivity index (χ1v) is 9.06. The summed E-state index contributed by atoms with van der Waals surface area (Å²) in [5.41, 5.74) is 0. The van der Waals surface area contributed by atoms with Crippen LogP contribution in [0.2, 0.25) is 0 Å². The van der Waals surface area contributed by atoms with Gasteiger partial charge in [-0.15, -0.1) is 0 Å². The van der Waals surface area contributed by atoms with Crippen LogP contribution in [0.5, 0.6) is 0 Å². The van der Waals surface area contributed by atoms with Gasteiger partial charge in [0.15, 0.2) is 0 Å². The van der Waals surface area contributed by atoms with E-state index in [0.717, 1.165) is 18.6 Å². The monoisotopic (exact) mass is 295 g/mol. The van der Waals surface area contributed by atoms with E-state index in [-0.39, 0.29) is 5.92 Å². The van der Waals surface area contributed by atoms with E-state index >= 15 is 0 Å². The predicted octanol–water partition coefficient (Wildman–Crippen LogP) is 1.11. The fourth-order valence-electron chi connectivity index (χ4n) is 1.95. The normalized spacial score (nSPS) is 23.8. The van der Waals surface area contributed by atoms with Crippen LogP contribution < -0.4 is 0 Å². The predicted molar refractivity (Wildman–Crippen MR) is 73.3 cm³/mol. The first-order chi connectivity index (χ1) is 8.30. The van der Waals surface area contributed by atoms with E-state index in [1.807, 2.05) is 0 Å². The zero-order chi connectivity index (χ0) is 13.8. The minimum absolute atomic E-state index is 0.343. The molecule has 2 unspecified atom stereocenters. The lowest BCUT2D eigenvalue weighted by atomic mass is 10.0. The highest BCUT2D eigenvalue weighted by atomic mass is 32.2. The first-order valence-electron chi connectivity index (χ1n) is 6.06. The molecule has 0 aromatic heterocycles. The zero-order valence-electron chi connectivity index (χ0n) is 10.8. The molecular formula is C11H21NO4S2. The van der Waals surface area contributed by atoms with Gasteiger partial charge >= 0.3 is 5.97 Å². The van der Waals surface area contributed by atoms with E-state index in [4.69, 9.17) is 5.11 Å². The highest BCUT2D eigenvalue weighted by Gasteiger charge is 2.25. The number of hydrogen-bond acceptors (Lipinski definition) is 4. The highest BCUT2D eigenvalue weighted by Crippen LogP contribution is 2.23. The summed E-state index contributed by atoms with van der Waals surface area (Å²) in [5.74, 6) is 0.655. The van der Waals surface area contributed by atoms with Gasteiger partial charge in [0.25, 0.3) is 0 Å². The standard InChI is InChI=1S/C11H21NO4S2/c1-9(11(13)14)7-17-8-10-4-3-5-12(6-10)18(2,15)16/h9-10H,3-8H2,1-2H3,(H,13,14). The minimum Gasteiger partial charge on any atom is -0.481 e. The van der Waals surface area contributed by atoms with Crippen LogP contribution in [0, 0.1) is 11.8 Å². The first kappa shape index (κ1) is 15.8. The lowest BCUT2D eigenvalue weighted by molar-refractivity contribution is -0.140. The smallest absolute Gasteiger partial charge is 0.307 e. The average Bonchev–Trinajstić information content (AvgIpc) is 2.28. The van der Waals surface area contributed by atoms with E-state index in [0.29, 0.717) is 24.8 Å². The maximum absolute atomic E-state index is 11.4. The number of nitrogens with zero attached hydrogens (tertiary/aromatic N) is 1. The lowest BCUT2D eigenvalue weighted by Crippen LogP contribution is -2.40. The molecule has 0 aromatic carbocycles. The molecule has 1 fully saturated rings. The Morgan fingerprint density at radius 1 is 1.56 bits per heavy atom. The lowest BCUT2D eigenvalue weighted by Gasteiger charge is -2.30. The summed E-state index contributed by atoms with van der Waals surface area (Å²) < 4.78 is 24.4. The molecule has 18 heavy (non-hydrogen) atoms. The molecule has 0 aliphatic carbocycles. The van der Waals surface area contributed by atoms with E-state index < -0.39 is 16.0 Å².